The zero-order chi connectivity index (χ0) is 21.3. The molecular weight excluding hydrogens is 364 g/mol. The first-order valence-electron chi connectivity index (χ1n) is 10.5. The van der Waals surface area contributed by atoms with Gasteiger partial charge in [-0.3, -0.25) is 0 Å². The summed E-state index contributed by atoms with van der Waals surface area (Å²) in [7, 11) is 0. The van der Waals surface area contributed by atoms with Crippen LogP contribution in [0.5, 0.6) is 0 Å². The van der Waals surface area contributed by atoms with Crippen molar-refractivity contribution < 1.29 is 5.11 Å². The highest BCUT2D eigenvalue weighted by molar-refractivity contribution is 5.86. The molecule has 1 heteroatoms. The minimum Gasteiger partial charge on any atom is -0.389 e. The fourth-order valence-electron chi connectivity index (χ4n) is 4.20. The number of hydrogen-bond donors (Lipinski definition) is 1. The maximum atomic E-state index is 10.9. The molecular formula is C29H28O. The standard InChI is InChI=1S/C29H28O/c1-19-8-5-11-23(14-19)26-17-27(24-12-6-9-20(2)15-24)29(22(4)30)28(18-26)25-13-7-10-21(3)16-25/h5-18,22,30H,1-4H3/t22-/m0/s1. The van der Waals surface area contributed by atoms with E-state index >= 15 is 0 Å². The van der Waals surface area contributed by atoms with Crippen molar-refractivity contribution in [3.8, 4) is 33.4 Å². The van der Waals surface area contributed by atoms with Crippen LogP contribution in [0.15, 0.2) is 84.9 Å². The summed E-state index contributed by atoms with van der Waals surface area (Å²) < 4.78 is 0. The van der Waals surface area contributed by atoms with E-state index in [1.807, 2.05) is 6.92 Å². The van der Waals surface area contributed by atoms with Crippen molar-refractivity contribution >= 4 is 0 Å². The van der Waals surface area contributed by atoms with Gasteiger partial charge >= 0.3 is 0 Å². The average Bonchev–Trinajstić information content (AvgIpc) is 2.72. The molecule has 1 nitrogen and oxygen atoms in total. The molecule has 0 aliphatic rings. The molecule has 0 saturated carbocycles. The lowest BCUT2D eigenvalue weighted by Crippen LogP contribution is -2.01. The molecule has 0 heterocycles. The van der Waals surface area contributed by atoms with E-state index in [1.54, 1.807) is 0 Å². The molecule has 0 amide bonds. The summed E-state index contributed by atoms with van der Waals surface area (Å²) in [5.41, 5.74) is 11.4. The minimum absolute atomic E-state index is 0.581. The van der Waals surface area contributed by atoms with Crippen molar-refractivity contribution in [1.82, 2.24) is 0 Å². The van der Waals surface area contributed by atoms with Gasteiger partial charge < -0.3 is 5.11 Å². The first-order valence-corrected chi connectivity index (χ1v) is 10.5. The van der Waals surface area contributed by atoms with E-state index in [0.29, 0.717) is 0 Å². The van der Waals surface area contributed by atoms with Gasteiger partial charge in [-0.2, -0.15) is 0 Å². The van der Waals surface area contributed by atoms with Crippen LogP contribution in [-0.4, -0.2) is 5.11 Å². The zero-order valence-corrected chi connectivity index (χ0v) is 18.1. The van der Waals surface area contributed by atoms with Gasteiger partial charge in [0, 0.05) is 0 Å². The normalized spacial score (nSPS) is 12.0. The SMILES string of the molecule is Cc1cccc(-c2cc(-c3cccc(C)c3)c([C@H](C)O)c(-c3cccc(C)c3)c2)c1. The Labute approximate surface area is 179 Å². The Balaban J connectivity index is 2.07. The molecule has 1 N–H and O–H groups in total. The second-order valence-electron chi connectivity index (χ2n) is 8.27. The van der Waals surface area contributed by atoms with Crippen molar-refractivity contribution in [1.29, 1.82) is 0 Å². The Morgan fingerprint density at radius 2 is 0.933 bits per heavy atom. The van der Waals surface area contributed by atoms with Crippen molar-refractivity contribution in [2.75, 3.05) is 0 Å². The molecule has 0 fully saturated rings. The average molecular weight is 393 g/mol. The van der Waals surface area contributed by atoms with E-state index in [-0.39, 0.29) is 0 Å². The summed E-state index contributed by atoms with van der Waals surface area (Å²) in [6.45, 7) is 8.20. The highest BCUT2D eigenvalue weighted by atomic mass is 16.3. The van der Waals surface area contributed by atoms with Crippen LogP contribution in [0.25, 0.3) is 33.4 Å². The molecule has 0 radical (unpaired) electrons. The Morgan fingerprint density at radius 3 is 1.33 bits per heavy atom. The summed E-state index contributed by atoms with van der Waals surface area (Å²) in [5.74, 6) is 0. The Morgan fingerprint density at radius 1 is 0.533 bits per heavy atom. The van der Waals surface area contributed by atoms with Crippen LogP contribution in [0, 0.1) is 20.8 Å². The van der Waals surface area contributed by atoms with Crippen molar-refractivity contribution in [3.05, 3.63) is 107 Å². The lowest BCUT2D eigenvalue weighted by Gasteiger charge is -2.21. The molecule has 0 aliphatic heterocycles. The predicted octanol–water partition coefficient (Wildman–Crippen LogP) is 7.67. The predicted molar refractivity (Wildman–Crippen MR) is 128 cm³/mol. The largest absolute Gasteiger partial charge is 0.389 e. The van der Waals surface area contributed by atoms with Crippen LogP contribution in [0.3, 0.4) is 0 Å². The van der Waals surface area contributed by atoms with Crippen LogP contribution in [0.2, 0.25) is 0 Å². The van der Waals surface area contributed by atoms with Gasteiger partial charge in [-0.15, -0.1) is 0 Å². The smallest absolute Gasteiger partial charge is 0.0773 e. The number of aryl methyl sites for hydroxylation is 3. The third-order valence-electron chi connectivity index (χ3n) is 5.61. The van der Waals surface area contributed by atoms with Gasteiger partial charge in [0.1, 0.15) is 0 Å². The van der Waals surface area contributed by atoms with Gasteiger partial charge in [-0.25, -0.2) is 0 Å². The molecule has 4 aromatic rings. The number of rotatable bonds is 4. The Kier molecular flexibility index (Phi) is 5.57. The summed E-state index contributed by atoms with van der Waals surface area (Å²) >= 11 is 0. The van der Waals surface area contributed by atoms with Gasteiger partial charge in [-0.1, -0.05) is 89.5 Å². The maximum absolute atomic E-state index is 10.9. The lowest BCUT2D eigenvalue weighted by molar-refractivity contribution is 0.200. The van der Waals surface area contributed by atoms with E-state index < -0.39 is 6.10 Å². The molecule has 4 aromatic carbocycles. The van der Waals surface area contributed by atoms with Crippen molar-refractivity contribution in [2.24, 2.45) is 0 Å². The minimum atomic E-state index is -0.581. The van der Waals surface area contributed by atoms with Crippen LogP contribution >= 0.6 is 0 Å². The third kappa shape index (κ3) is 4.08. The Bertz CT molecular complexity index is 1130. The van der Waals surface area contributed by atoms with Crippen LogP contribution in [0.4, 0.5) is 0 Å². The third-order valence-corrected chi connectivity index (χ3v) is 5.61. The molecule has 0 spiro atoms. The monoisotopic (exact) mass is 392 g/mol. The number of benzene rings is 4. The summed E-state index contributed by atoms with van der Waals surface area (Å²) in [4.78, 5) is 0. The second-order valence-corrected chi connectivity index (χ2v) is 8.27. The summed E-state index contributed by atoms with van der Waals surface area (Å²) in [6, 6.07) is 30.1. The number of aliphatic hydroxyl groups is 1. The molecule has 0 aliphatic carbocycles. The van der Waals surface area contributed by atoms with Gasteiger partial charge in [0.15, 0.2) is 0 Å². The van der Waals surface area contributed by atoms with E-state index in [1.165, 1.54) is 22.3 Å². The first kappa shape index (κ1) is 20.1. The Hall–Kier alpha value is -3.16. The summed E-state index contributed by atoms with van der Waals surface area (Å²) in [5, 5.41) is 10.9. The van der Waals surface area contributed by atoms with Crippen LogP contribution in [0.1, 0.15) is 35.3 Å². The zero-order valence-electron chi connectivity index (χ0n) is 18.1. The highest BCUT2D eigenvalue weighted by Crippen LogP contribution is 2.40. The molecule has 0 bridgehead atoms. The van der Waals surface area contributed by atoms with Crippen LogP contribution < -0.4 is 0 Å². The molecule has 1 atom stereocenters. The molecule has 0 saturated heterocycles. The fraction of sp³-hybridized carbons (Fsp3) is 0.172. The molecule has 0 aromatic heterocycles. The fourth-order valence-corrected chi connectivity index (χ4v) is 4.20. The van der Waals surface area contributed by atoms with Gasteiger partial charge in [0.2, 0.25) is 0 Å². The van der Waals surface area contributed by atoms with E-state index in [9.17, 15) is 5.11 Å². The van der Waals surface area contributed by atoms with Gasteiger partial charge in [0.05, 0.1) is 6.10 Å². The topological polar surface area (TPSA) is 20.2 Å². The number of hydrogen-bond acceptors (Lipinski definition) is 1. The second kappa shape index (κ2) is 8.30. The summed E-state index contributed by atoms with van der Waals surface area (Å²) in [6.07, 6.45) is -0.581. The van der Waals surface area contributed by atoms with E-state index in [2.05, 4.69) is 106 Å². The molecule has 150 valence electrons. The lowest BCUT2D eigenvalue weighted by atomic mass is 9.85. The van der Waals surface area contributed by atoms with E-state index in [0.717, 1.165) is 33.4 Å². The first-order chi connectivity index (χ1) is 14.4. The van der Waals surface area contributed by atoms with Gasteiger partial charge in [-0.05, 0) is 78.8 Å². The molecule has 30 heavy (non-hydrogen) atoms. The highest BCUT2D eigenvalue weighted by Gasteiger charge is 2.19. The quantitative estimate of drug-likeness (QED) is 0.378. The van der Waals surface area contributed by atoms with Crippen molar-refractivity contribution in [3.63, 3.8) is 0 Å². The number of aliphatic hydroxyl groups excluding tert-OH is 1. The maximum Gasteiger partial charge on any atom is 0.0773 e. The van der Waals surface area contributed by atoms with Gasteiger partial charge in [0.25, 0.3) is 0 Å². The molecule has 0 unspecified atom stereocenters. The molecule has 4 rings (SSSR count). The van der Waals surface area contributed by atoms with E-state index in [4.69, 9.17) is 0 Å². The van der Waals surface area contributed by atoms with Crippen molar-refractivity contribution in [2.45, 2.75) is 33.8 Å². The van der Waals surface area contributed by atoms with Crippen LogP contribution in [-0.2, 0) is 0 Å².